The molecule has 0 saturated carbocycles. The summed E-state index contributed by atoms with van der Waals surface area (Å²) >= 11 is 6.31. The molecule has 0 radical (unpaired) electrons. The van der Waals surface area contributed by atoms with Gasteiger partial charge < -0.3 is 4.90 Å². The van der Waals surface area contributed by atoms with Gasteiger partial charge in [-0.3, -0.25) is 4.90 Å². The first kappa shape index (κ1) is 14.2. The van der Waals surface area contributed by atoms with Crippen molar-refractivity contribution >= 4 is 17.3 Å². The molecule has 3 rings (SSSR count). The first-order chi connectivity index (χ1) is 9.69. The molecular formula is C16H22ClFN2. The third kappa shape index (κ3) is 2.66. The highest BCUT2D eigenvalue weighted by molar-refractivity contribution is 6.33. The van der Waals surface area contributed by atoms with Crippen LogP contribution in [0.4, 0.5) is 10.1 Å². The Balaban J connectivity index is 1.88. The summed E-state index contributed by atoms with van der Waals surface area (Å²) in [6.07, 6.45) is 4.94. The molecule has 20 heavy (non-hydrogen) atoms. The lowest BCUT2D eigenvalue weighted by Gasteiger charge is -2.49. The van der Waals surface area contributed by atoms with Crippen LogP contribution in [0.15, 0.2) is 18.2 Å². The van der Waals surface area contributed by atoms with E-state index >= 15 is 0 Å². The molecule has 2 atom stereocenters. The van der Waals surface area contributed by atoms with E-state index in [9.17, 15) is 4.39 Å². The Morgan fingerprint density at radius 3 is 2.95 bits per heavy atom. The molecule has 2 saturated heterocycles. The predicted octanol–water partition coefficient (Wildman–Crippen LogP) is 3.93. The van der Waals surface area contributed by atoms with E-state index in [1.807, 2.05) is 0 Å². The number of piperazine rings is 1. The minimum Gasteiger partial charge on any atom is -0.364 e. The molecule has 2 heterocycles. The monoisotopic (exact) mass is 296 g/mol. The largest absolute Gasteiger partial charge is 0.364 e. The summed E-state index contributed by atoms with van der Waals surface area (Å²) < 4.78 is 13.6. The molecule has 1 aromatic carbocycles. The van der Waals surface area contributed by atoms with E-state index in [0.717, 1.165) is 25.2 Å². The Hall–Kier alpha value is -0.800. The topological polar surface area (TPSA) is 6.48 Å². The van der Waals surface area contributed by atoms with Crippen molar-refractivity contribution in [2.75, 3.05) is 24.5 Å². The maximum Gasteiger partial charge on any atom is 0.125 e. The van der Waals surface area contributed by atoms with Gasteiger partial charge in [0.15, 0.2) is 0 Å². The molecule has 2 nitrogen and oxygen atoms in total. The molecule has 0 aromatic heterocycles. The third-order valence-electron chi connectivity index (χ3n) is 4.73. The fourth-order valence-corrected chi connectivity index (χ4v) is 3.83. The van der Waals surface area contributed by atoms with Crippen molar-refractivity contribution in [2.24, 2.45) is 0 Å². The van der Waals surface area contributed by atoms with E-state index in [1.54, 1.807) is 12.1 Å². The Morgan fingerprint density at radius 2 is 2.15 bits per heavy atom. The van der Waals surface area contributed by atoms with Crippen LogP contribution in [0.3, 0.4) is 0 Å². The van der Waals surface area contributed by atoms with E-state index in [0.29, 0.717) is 17.1 Å². The highest BCUT2D eigenvalue weighted by Gasteiger charge is 2.34. The van der Waals surface area contributed by atoms with Crippen LogP contribution < -0.4 is 4.90 Å². The van der Waals surface area contributed by atoms with Crippen molar-refractivity contribution in [1.29, 1.82) is 0 Å². The molecule has 0 spiro atoms. The fourth-order valence-electron chi connectivity index (χ4n) is 3.60. The van der Waals surface area contributed by atoms with Crippen molar-refractivity contribution < 1.29 is 4.39 Å². The molecule has 0 bridgehead atoms. The Bertz CT molecular complexity index is 480. The minimum atomic E-state index is -0.203. The van der Waals surface area contributed by atoms with Crippen LogP contribution in [-0.4, -0.2) is 36.6 Å². The number of hydrogen-bond donors (Lipinski definition) is 0. The molecule has 4 heteroatoms. The van der Waals surface area contributed by atoms with Gasteiger partial charge >= 0.3 is 0 Å². The lowest BCUT2D eigenvalue weighted by atomic mass is 9.95. The van der Waals surface area contributed by atoms with Gasteiger partial charge in [0.05, 0.1) is 10.7 Å². The van der Waals surface area contributed by atoms with Gasteiger partial charge in [0.2, 0.25) is 0 Å². The maximum absolute atomic E-state index is 13.6. The van der Waals surface area contributed by atoms with Crippen LogP contribution in [0.25, 0.3) is 0 Å². The minimum absolute atomic E-state index is 0.203. The number of rotatable bonds is 2. The zero-order chi connectivity index (χ0) is 14.1. The quantitative estimate of drug-likeness (QED) is 0.816. The van der Waals surface area contributed by atoms with Crippen LogP contribution in [0.1, 0.15) is 32.6 Å². The number of halogens is 2. The second-order valence-corrected chi connectivity index (χ2v) is 6.36. The second kappa shape index (κ2) is 5.90. The predicted molar refractivity (Wildman–Crippen MR) is 82.0 cm³/mol. The van der Waals surface area contributed by atoms with Gasteiger partial charge in [0.1, 0.15) is 5.82 Å². The van der Waals surface area contributed by atoms with Crippen LogP contribution in [0.2, 0.25) is 5.02 Å². The van der Waals surface area contributed by atoms with Crippen LogP contribution in [0, 0.1) is 5.82 Å². The number of hydrogen-bond acceptors (Lipinski definition) is 2. The number of fused-ring (bicyclic) bond motifs is 1. The van der Waals surface area contributed by atoms with Crippen molar-refractivity contribution in [3.63, 3.8) is 0 Å². The van der Waals surface area contributed by atoms with Crippen LogP contribution in [-0.2, 0) is 0 Å². The highest BCUT2D eigenvalue weighted by atomic mass is 35.5. The molecule has 0 N–H and O–H groups in total. The Labute approximate surface area is 125 Å². The molecule has 110 valence electrons. The molecule has 2 aliphatic heterocycles. The van der Waals surface area contributed by atoms with Gasteiger partial charge in [-0.05, 0) is 44.0 Å². The van der Waals surface area contributed by atoms with Gasteiger partial charge in [-0.1, -0.05) is 24.9 Å². The molecule has 2 fully saturated rings. The molecule has 1 aromatic rings. The van der Waals surface area contributed by atoms with Crippen molar-refractivity contribution in [2.45, 2.75) is 44.7 Å². The maximum atomic E-state index is 13.6. The van der Waals surface area contributed by atoms with E-state index in [1.165, 1.54) is 31.9 Å². The first-order valence-corrected chi connectivity index (χ1v) is 8.02. The fraction of sp³-hybridized carbons (Fsp3) is 0.625. The number of anilines is 1. The van der Waals surface area contributed by atoms with E-state index < -0.39 is 0 Å². The van der Waals surface area contributed by atoms with Crippen LogP contribution >= 0.6 is 11.6 Å². The van der Waals surface area contributed by atoms with Crippen LogP contribution in [0.5, 0.6) is 0 Å². The zero-order valence-electron chi connectivity index (χ0n) is 12.0. The zero-order valence-corrected chi connectivity index (χ0v) is 12.7. The number of nitrogens with zero attached hydrogens (tertiary/aromatic N) is 2. The summed E-state index contributed by atoms with van der Waals surface area (Å²) in [5, 5.41) is 0.661. The average molecular weight is 297 g/mol. The van der Waals surface area contributed by atoms with Crippen molar-refractivity contribution in [3.8, 4) is 0 Å². The third-order valence-corrected chi connectivity index (χ3v) is 5.05. The Kier molecular flexibility index (Phi) is 4.18. The normalized spacial score (nSPS) is 27.4. The summed E-state index contributed by atoms with van der Waals surface area (Å²) in [5.41, 5.74) is 0.865. The molecule has 2 unspecified atom stereocenters. The lowest BCUT2D eigenvalue weighted by Crippen LogP contribution is -2.59. The lowest BCUT2D eigenvalue weighted by molar-refractivity contribution is 0.111. The average Bonchev–Trinajstić information content (AvgIpc) is 2.48. The summed E-state index contributed by atoms with van der Waals surface area (Å²) in [6.45, 7) is 5.47. The van der Waals surface area contributed by atoms with Gasteiger partial charge in [-0.2, -0.15) is 0 Å². The van der Waals surface area contributed by atoms with Gasteiger partial charge in [0, 0.05) is 25.2 Å². The second-order valence-electron chi connectivity index (χ2n) is 5.95. The summed E-state index contributed by atoms with van der Waals surface area (Å²) in [5.74, 6) is -0.203. The summed E-state index contributed by atoms with van der Waals surface area (Å²) in [6, 6.07) is 5.73. The molecular weight excluding hydrogens is 275 g/mol. The molecule has 0 aliphatic carbocycles. The van der Waals surface area contributed by atoms with Gasteiger partial charge in [-0.15, -0.1) is 0 Å². The van der Waals surface area contributed by atoms with Gasteiger partial charge in [0.25, 0.3) is 0 Å². The summed E-state index contributed by atoms with van der Waals surface area (Å²) in [7, 11) is 0. The van der Waals surface area contributed by atoms with Gasteiger partial charge in [-0.25, -0.2) is 4.39 Å². The highest BCUT2D eigenvalue weighted by Crippen LogP contribution is 2.33. The number of benzene rings is 1. The Morgan fingerprint density at radius 1 is 1.30 bits per heavy atom. The standard InChI is InChI=1S/C16H22ClFN2/c1-2-13-10-19-8-4-3-5-14(19)11-20(13)16-9-12(18)6-7-15(16)17/h6-7,9,13-14H,2-5,8,10-11H2,1H3. The summed E-state index contributed by atoms with van der Waals surface area (Å²) in [4.78, 5) is 4.94. The molecule has 0 amide bonds. The van der Waals surface area contributed by atoms with Crippen molar-refractivity contribution in [3.05, 3.63) is 29.0 Å². The van der Waals surface area contributed by atoms with E-state index in [-0.39, 0.29) is 5.82 Å². The number of piperidine rings is 1. The smallest absolute Gasteiger partial charge is 0.125 e. The molecule has 2 aliphatic rings. The first-order valence-electron chi connectivity index (χ1n) is 7.64. The van der Waals surface area contributed by atoms with E-state index in [2.05, 4.69) is 16.7 Å². The van der Waals surface area contributed by atoms with Crippen molar-refractivity contribution in [1.82, 2.24) is 4.90 Å². The van der Waals surface area contributed by atoms with E-state index in [4.69, 9.17) is 11.6 Å². The SMILES string of the molecule is CCC1CN2CCCCC2CN1c1cc(F)ccc1Cl.